The van der Waals surface area contributed by atoms with Crippen LogP contribution in [-0.4, -0.2) is 27.1 Å². The van der Waals surface area contributed by atoms with Gasteiger partial charge in [0.05, 0.1) is 11.3 Å². The molecule has 1 aromatic carbocycles. The first-order valence-corrected chi connectivity index (χ1v) is 6.26. The third-order valence-electron chi connectivity index (χ3n) is 2.48. The number of aromatic carboxylic acids is 1. The first kappa shape index (κ1) is 14.0. The van der Waals surface area contributed by atoms with Crippen LogP contribution in [0.5, 0.6) is 5.75 Å². The number of carboxylic acids is 1. The molecule has 7 heteroatoms. The van der Waals surface area contributed by atoms with Crippen molar-refractivity contribution in [2.45, 2.75) is 0 Å². The molecule has 0 saturated carbocycles. The number of carbonyl (C=O) groups excluding carboxylic acids is 1. The monoisotopic (exact) mass is 336 g/mol. The molecule has 2 aromatic rings. The van der Waals surface area contributed by atoms with Crippen molar-refractivity contribution in [2.24, 2.45) is 0 Å². The summed E-state index contributed by atoms with van der Waals surface area (Å²) in [6.07, 6.45) is 1.46. The highest BCUT2D eigenvalue weighted by Gasteiger charge is 2.12. The number of benzene rings is 1. The van der Waals surface area contributed by atoms with Crippen molar-refractivity contribution in [3.05, 3.63) is 52.3 Å². The van der Waals surface area contributed by atoms with Gasteiger partial charge in [0.2, 0.25) is 0 Å². The molecule has 0 bridgehead atoms. The number of aromatic nitrogens is 1. The number of pyridine rings is 1. The molecule has 0 saturated heterocycles. The quantitative estimate of drug-likeness (QED) is 0.590. The Morgan fingerprint density at radius 3 is 2.50 bits per heavy atom. The Bertz CT molecular complexity index is 688. The summed E-state index contributed by atoms with van der Waals surface area (Å²) in [7, 11) is 0. The van der Waals surface area contributed by atoms with Crippen LogP contribution >= 0.6 is 15.9 Å². The van der Waals surface area contributed by atoms with E-state index in [9.17, 15) is 14.7 Å². The zero-order chi connectivity index (χ0) is 14.7. The molecule has 102 valence electrons. The number of nitrogens with zero attached hydrogens (tertiary/aromatic N) is 1. The van der Waals surface area contributed by atoms with E-state index in [1.165, 1.54) is 30.5 Å². The van der Waals surface area contributed by atoms with Crippen LogP contribution in [0.4, 0.5) is 5.69 Å². The molecule has 0 fully saturated rings. The van der Waals surface area contributed by atoms with Gasteiger partial charge in [-0.1, -0.05) is 0 Å². The lowest BCUT2D eigenvalue weighted by atomic mass is 10.2. The van der Waals surface area contributed by atoms with Gasteiger partial charge < -0.3 is 15.5 Å². The number of aromatic hydroxyl groups is 1. The maximum absolute atomic E-state index is 12.0. The van der Waals surface area contributed by atoms with E-state index >= 15 is 0 Å². The number of phenols is 1. The highest BCUT2D eigenvalue weighted by atomic mass is 79.9. The molecule has 0 unspecified atom stereocenters. The molecule has 0 radical (unpaired) electrons. The number of carbonyl (C=O) groups is 2. The number of anilines is 1. The van der Waals surface area contributed by atoms with E-state index in [1.54, 1.807) is 0 Å². The average Bonchev–Trinajstić information content (AvgIpc) is 2.40. The molecule has 0 aliphatic heterocycles. The Morgan fingerprint density at radius 2 is 1.90 bits per heavy atom. The van der Waals surface area contributed by atoms with Crippen LogP contribution in [0.1, 0.15) is 20.7 Å². The zero-order valence-corrected chi connectivity index (χ0v) is 11.6. The van der Waals surface area contributed by atoms with Crippen molar-refractivity contribution in [1.82, 2.24) is 4.98 Å². The van der Waals surface area contributed by atoms with Crippen LogP contribution in [0.2, 0.25) is 0 Å². The van der Waals surface area contributed by atoms with Gasteiger partial charge in [-0.3, -0.25) is 4.79 Å². The minimum absolute atomic E-state index is 0.0628. The van der Waals surface area contributed by atoms with E-state index in [2.05, 4.69) is 26.2 Å². The smallest absolute Gasteiger partial charge is 0.335 e. The summed E-state index contributed by atoms with van der Waals surface area (Å²) in [5, 5.41) is 21.0. The molecular formula is C13H9BrN2O4. The van der Waals surface area contributed by atoms with Crippen LogP contribution in [0.3, 0.4) is 0 Å². The molecular weight excluding hydrogens is 328 g/mol. The van der Waals surface area contributed by atoms with Gasteiger partial charge in [-0.15, -0.1) is 0 Å². The van der Waals surface area contributed by atoms with Crippen molar-refractivity contribution < 1.29 is 19.8 Å². The molecule has 0 aliphatic rings. The molecule has 0 aliphatic carbocycles. The van der Waals surface area contributed by atoms with Crippen LogP contribution < -0.4 is 5.32 Å². The highest BCUT2D eigenvalue weighted by Crippen LogP contribution is 2.25. The maximum Gasteiger partial charge on any atom is 0.335 e. The Hall–Kier alpha value is -2.41. The zero-order valence-electron chi connectivity index (χ0n) is 10.0. The standard InChI is InChI=1S/C13H9BrN2O4/c14-11-6-7(3-4-15-11)12(18)16-9-2-1-8(13(19)20)5-10(9)17/h1-6,17H,(H,16,18)(H,19,20). The van der Waals surface area contributed by atoms with E-state index < -0.39 is 11.9 Å². The molecule has 1 aromatic heterocycles. The predicted octanol–water partition coefficient (Wildman–Crippen LogP) is 2.50. The Morgan fingerprint density at radius 1 is 1.15 bits per heavy atom. The minimum Gasteiger partial charge on any atom is -0.506 e. The summed E-state index contributed by atoms with van der Waals surface area (Å²) in [5.41, 5.74) is 0.425. The average molecular weight is 337 g/mol. The van der Waals surface area contributed by atoms with Crippen molar-refractivity contribution >= 4 is 33.5 Å². The molecule has 20 heavy (non-hydrogen) atoms. The first-order chi connectivity index (χ1) is 9.47. The van der Waals surface area contributed by atoms with Crippen LogP contribution in [-0.2, 0) is 0 Å². The van der Waals surface area contributed by atoms with Crippen molar-refractivity contribution in [3.8, 4) is 5.75 Å². The van der Waals surface area contributed by atoms with Crippen molar-refractivity contribution in [1.29, 1.82) is 0 Å². The lowest BCUT2D eigenvalue weighted by Crippen LogP contribution is -2.12. The minimum atomic E-state index is -1.16. The van der Waals surface area contributed by atoms with Crippen LogP contribution in [0.15, 0.2) is 41.1 Å². The number of phenolic OH excluding ortho intramolecular Hbond substituents is 1. The second kappa shape index (κ2) is 5.70. The number of hydrogen-bond donors (Lipinski definition) is 3. The van der Waals surface area contributed by atoms with Gasteiger partial charge >= 0.3 is 5.97 Å². The molecule has 0 spiro atoms. The van der Waals surface area contributed by atoms with Crippen LogP contribution in [0.25, 0.3) is 0 Å². The number of hydrogen-bond acceptors (Lipinski definition) is 4. The molecule has 2 rings (SSSR count). The summed E-state index contributed by atoms with van der Waals surface area (Å²) < 4.78 is 0.510. The van der Waals surface area contributed by atoms with Crippen molar-refractivity contribution in [3.63, 3.8) is 0 Å². The lowest BCUT2D eigenvalue weighted by Gasteiger charge is -2.08. The summed E-state index contributed by atoms with van der Waals surface area (Å²) in [4.78, 5) is 26.6. The van der Waals surface area contributed by atoms with Crippen molar-refractivity contribution in [2.75, 3.05) is 5.32 Å². The largest absolute Gasteiger partial charge is 0.506 e. The van der Waals surface area contributed by atoms with Gasteiger partial charge in [-0.05, 0) is 46.3 Å². The fourth-order valence-corrected chi connectivity index (χ4v) is 1.87. The van der Waals surface area contributed by atoms with E-state index in [0.717, 1.165) is 6.07 Å². The van der Waals surface area contributed by atoms with Gasteiger partial charge in [0.25, 0.3) is 5.91 Å². The second-order valence-corrected chi connectivity index (χ2v) is 4.67. The fraction of sp³-hybridized carbons (Fsp3) is 0. The van der Waals surface area contributed by atoms with E-state index in [4.69, 9.17) is 5.11 Å². The number of halogens is 1. The SMILES string of the molecule is O=C(O)c1ccc(NC(=O)c2ccnc(Br)c2)c(O)c1. The maximum atomic E-state index is 12.0. The number of rotatable bonds is 3. The second-order valence-electron chi connectivity index (χ2n) is 3.86. The van der Waals surface area contributed by atoms with Crippen LogP contribution in [0, 0.1) is 0 Å². The Labute approximate surface area is 122 Å². The summed E-state index contributed by atoms with van der Waals surface area (Å²) in [5.74, 6) is -1.91. The first-order valence-electron chi connectivity index (χ1n) is 5.46. The molecule has 1 heterocycles. The van der Waals surface area contributed by atoms with E-state index in [1.807, 2.05) is 0 Å². The van der Waals surface area contributed by atoms with Gasteiger partial charge in [0, 0.05) is 11.8 Å². The predicted molar refractivity (Wildman–Crippen MR) is 75.0 cm³/mol. The summed E-state index contributed by atoms with van der Waals surface area (Å²) >= 11 is 3.15. The Balaban J connectivity index is 2.22. The molecule has 6 nitrogen and oxygen atoms in total. The number of carboxylic acid groups (broad SMARTS) is 1. The number of nitrogens with one attached hydrogen (secondary N) is 1. The third kappa shape index (κ3) is 3.12. The third-order valence-corrected chi connectivity index (χ3v) is 2.92. The molecule has 3 N–H and O–H groups in total. The number of amides is 1. The van der Waals surface area contributed by atoms with Gasteiger partial charge in [-0.2, -0.15) is 0 Å². The molecule has 0 atom stereocenters. The fourth-order valence-electron chi connectivity index (χ4n) is 1.51. The van der Waals surface area contributed by atoms with Gasteiger partial charge in [-0.25, -0.2) is 9.78 Å². The topological polar surface area (TPSA) is 99.5 Å². The molecule has 1 amide bonds. The van der Waals surface area contributed by atoms with Gasteiger partial charge in [0.1, 0.15) is 10.4 Å². The highest BCUT2D eigenvalue weighted by molar-refractivity contribution is 9.10. The lowest BCUT2D eigenvalue weighted by molar-refractivity contribution is 0.0696. The summed E-state index contributed by atoms with van der Waals surface area (Å²) in [6, 6.07) is 6.73. The van der Waals surface area contributed by atoms with E-state index in [0.29, 0.717) is 10.2 Å². The normalized spacial score (nSPS) is 10.1. The Kier molecular flexibility index (Phi) is 3.99. The van der Waals surface area contributed by atoms with Gasteiger partial charge in [0.15, 0.2) is 0 Å². The van der Waals surface area contributed by atoms with E-state index in [-0.39, 0.29) is 17.0 Å². The summed E-state index contributed by atoms with van der Waals surface area (Å²) in [6.45, 7) is 0.